The highest BCUT2D eigenvalue weighted by molar-refractivity contribution is 7.91. The van der Waals surface area contributed by atoms with Gasteiger partial charge in [0.1, 0.15) is 0 Å². The molecule has 0 radical (unpaired) electrons. The SMILES string of the molecule is CCCNC(C1CCS(=O)(=O)C1)C1CC1c1ccccc1. The summed E-state index contributed by atoms with van der Waals surface area (Å²) in [6.45, 7) is 3.15. The van der Waals surface area contributed by atoms with Gasteiger partial charge in [0.05, 0.1) is 11.5 Å². The summed E-state index contributed by atoms with van der Waals surface area (Å²) in [4.78, 5) is 0. The molecule has 4 heteroatoms. The van der Waals surface area contributed by atoms with E-state index in [1.54, 1.807) is 0 Å². The van der Waals surface area contributed by atoms with Gasteiger partial charge in [0.15, 0.2) is 9.84 Å². The number of hydrogen-bond donors (Lipinski definition) is 1. The number of nitrogens with one attached hydrogen (secondary N) is 1. The zero-order chi connectivity index (χ0) is 14.9. The minimum absolute atomic E-state index is 0.306. The highest BCUT2D eigenvalue weighted by atomic mass is 32.2. The molecule has 0 amide bonds. The van der Waals surface area contributed by atoms with E-state index in [-0.39, 0.29) is 0 Å². The first-order valence-corrected chi connectivity index (χ1v) is 9.91. The van der Waals surface area contributed by atoms with Crippen LogP contribution >= 0.6 is 0 Å². The van der Waals surface area contributed by atoms with Crippen LogP contribution in [0, 0.1) is 11.8 Å². The number of hydrogen-bond acceptors (Lipinski definition) is 3. The van der Waals surface area contributed by atoms with E-state index in [0.29, 0.717) is 35.3 Å². The molecule has 1 saturated carbocycles. The molecule has 3 rings (SSSR count). The fraction of sp³-hybridized carbons (Fsp3) is 0.647. The molecular weight excluding hydrogens is 282 g/mol. The van der Waals surface area contributed by atoms with Gasteiger partial charge < -0.3 is 5.32 Å². The van der Waals surface area contributed by atoms with Crippen LogP contribution in [0.4, 0.5) is 0 Å². The fourth-order valence-corrected chi connectivity index (χ4v) is 5.64. The van der Waals surface area contributed by atoms with E-state index in [4.69, 9.17) is 0 Å². The Morgan fingerprint density at radius 1 is 1.29 bits per heavy atom. The molecule has 4 atom stereocenters. The molecule has 2 aliphatic rings. The Balaban J connectivity index is 1.70. The van der Waals surface area contributed by atoms with Gasteiger partial charge in [-0.1, -0.05) is 37.3 Å². The average Bonchev–Trinajstić information content (AvgIpc) is 3.18. The van der Waals surface area contributed by atoms with Crippen molar-refractivity contribution in [2.75, 3.05) is 18.1 Å². The van der Waals surface area contributed by atoms with E-state index in [1.165, 1.54) is 12.0 Å². The molecule has 2 fully saturated rings. The van der Waals surface area contributed by atoms with Gasteiger partial charge in [-0.05, 0) is 49.1 Å². The van der Waals surface area contributed by atoms with Crippen molar-refractivity contribution in [1.82, 2.24) is 5.32 Å². The van der Waals surface area contributed by atoms with Crippen molar-refractivity contribution < 1.29 is 8.42 Å². The van der Waals surface area contributed by atoms with Gasteiger partial charge in [0.2, 0.25) is 0 Å². The molecule has 1 aromatic carbocycles. The Morgan fingerprint density at radius 3 is 2.67 bits per heavy atom. The van der Waals surface area contributed by atoms with Crippen molar-refractivity contribution in [2.45, 2.75) is 38.1 Å². The van der Waals surface area contributed by atoms with Crippen LogP contribution in [0.25, 0.3) is 0 Å². The van der Waals surface area contributed by atoms with Gasteiger partial charge in [-0.15, -0.1) is 0 Å². The Hall–Kier alpha value is -0.870. The Bertz CT molecular complexity index is 570. The predicted octanol–water partition coefficient (Wildman–Crippen LogP) is 2.59. The molecule has 1 heterocycles. The van der Waals surface area contributed by atoms with Crippen LogP contribution in [0.15, 0.2) is 30.3 Å². The maximum Gasteiger partial charge on any atom is 0.150 e. The third kappa shape index (κ3) is 3.49. The quantitative estimate of drug-likeness (QED) is 0.878. The van der Waals surface area contributed by atoms with Gasteiger partial charge in [0.25, 0.3) is 0 Å². The largest absolute Gasteiger partial charge is 0.313 e. The zero-order valence-corrected chi connectivity index (χ0v) is 13.5. The summed E-state index contributed by atoms with van der Waals surface area (Å²) in [7, 11) is -2.79. The molecule has 4 unspecified atom stereocenters. The molecule has 1 aliphatic carbocycles. The normalized spacial score (nSPS) is 32.0. The number of sulfone groups is 1. The lowest BCUT2D eigenvalue weighted by molar-refractivity contribution is 0.341. The van der Waals surface area contributed by atoms with Crippen molar-refractivity contribution in [3.05, 3.63) is 35.9 Å². The van der Waals surface area contributed by atoms with Crippen LogP contribution in [0.2, 0.25) is 0 Å². The van der Waals surface area contributed by atoms with E-state index in [1.807, 2.05) is 0 Å². The second-order valence-electron chi connectivity index (χ2n) is 6.56. The summed E-state index contributed by atoms with van der Waals surface area (Å²) >= 11 is 0. The first kappa shape index (κ1) is 15.0. The summed E-state index contributed by atoms with van der Waals surface area (Å²) in [5.41, 5.74) is 1.41. The molecule has 21 heavy (non-hydrogen) atoms. The molecule has 1 saturated heterocycles. The maximum atomic E-state index is 11.8. The van der Waals surface area contributed by atoms with E-state index >= 15 is 0 Å². The van der Waals surface area contributed by atoms with Crippen LogP contribution in [-0.4, -0.2) is 32.5 Å². The predicted molar refractivity (Wildman–Crippen MR) is 86.1 cm³/mol. The topological polar surface area (TPSA) is 46.2 Å². The lowest BCUT2D eigenvalue weighted by Gasteiger charge is -2.24. The highest BCUT2D eigenvalue weighted by Gasteiger charge is 2.48. The summed E-state index contributed by atoms with van der Waals surface area (Å²) in [6, 6.07) is 11.0. The summed E-state index contributed by atoms with van der Waals surface area (Å²) in [5.74, 6) is 2.29. The first-order valence-electron chi connectivity index (χ1n) is 8.09. The van der Waals surface area contributed by atoms with Crippen LogP contribution in [-0.2, 0) is 9.84 Å². The molecule has 0 aromatic heterocycles. The van der Waals surface area contributed by atoms with E-state index in [2.05, 4.69) is 42.6 Å². The molecule has 1 aromatic rings. The minimum Gasteiger partial charge on any atom is -0.313 e. The third-order valence-electron chi connectivity index (χ3n) is 4.93. The summed E-state index contributed by atoms with van der Waals surface area (Å²) < 4.78 is 23.6. The fourth-order valence-electron chi connectivity index (χ4n) is 3.78. The molecule has 0 spiro atoms. The third-order valence-corrected chi connectivity index (χ3v) is 6.73. The molecule has 116 valence electrons. The zero-order valence-electron chi connectivity index (χ0n) is 12.7. The molecule has 1 N–H and O–H groups in total. The molecular formula is C17H25NO2S. The second kappa shape index (κ2) is 6.09. The molecule has 3 nitrogen and oxygen atoms in total. The van der Waals surface area contributed by atoms with Crippen molar-refractivity contribution in [3.63, 3.8) is 0 Å². The number of rotatable bonds is 6. The van der Waals surface area contributed by atoms with Crippen molar-refractivity contribution in [1.29, 1.82) is 0 Å². The average molecular weight is 307 g/mol. The first-order chi connectivity index (χ1) is 10.1. The lowest BCUT2D eigenvalue weighted by Crippen LogP contribution is -2.39. The monoisotopic (exact) mass is 307 g/mol. The standard InChI is InChI=1S/C17H25NO2S/c1-2-9-18-17(14-8-10-21(19,20)12-14)16-11-15(16)13-6-4-3-5-7-13/h3-7,14-18H,2,8-12H2,1H3. The van der Waals surface area contributed by atoms with Crippen LogP contribution in [0.5, 0.6) is 0 Å². The van der Waals surface area contributed by atoms with Crippen molar-refractivity contribution in [3.8, 4) is 0 Å². The second-order valence-corrected chi connectivity index (χ2v) is 8.79. The molecule has 0 bridgehead atoms. The van der Waals surface area contributed by atoms with Crippen LogP contribution in [0.1, 0.15) is 37.7 Å². The van der Waals surface area contributed by atoms with E-state index < -0.39 is 9.84 Å². The number of benzene rings is 1. The molecule has 1 aliphatic heterocycles. The Labute approximate surface area is 128 Å². The highest BCUT2D eigenvalue weighted by Crippen LogP contribution is 2.51. The van der Waals surface area contributed by atoms with Gasteiger partial charge in [-0.2, -0.15) is 0 Å². The Morgan fingerprint density at radius 2 is 2.05 bits per heavy atom. The van der Waals surface area contributed by atoms with Crippen LogP contribution < -0.4 is 5.32 Å². The van der Waals surface area contributed by atoms with Crippen molar-refractivity contribution in [2.24, 2.45) is 11.8 Å². The van der Waals surface area contributed by atoms with Gasteiger partial charge in [0, 0.05) is 6.04 Å². The lowest BCUT2D eigenvalue weighted by atomic mass is 9.92. The summed E-state index contributed by atoms with van der Waals surface area (Å²) in [6.07, 6.45) is 3.13. The smallest absolute Gasteiger partial charge is 0.150 e. The van der Waals surface area contributed by atoms with Crippen LogP contribution in [0.3, 0.4) is 0 Å². The van der Waals surface area contributed by atoms with Gasteiger partial charge in [-0.3, -0.25) is 0 Å². The van der Waals surface area contributed by atoms with Gasteiger partial charge >= 0.3 is 0 Å². The maximum absolute atomic E-state index is 11.8. The van der Waals surface area contributed by atoms with E-state index in [0.717, 1.165) is 19.4 Å². The minimum atomic E-state index is -2.79. The Kier molecular flexibility index (Phi) is 4.36. The van der Waals surface area contributed by atoms with Crippen molar-refractivity contribution >= 4 is 9.84 Å². The van der Waals surface area contributed by atoms with Gasteiger partial charge in [-0.25, -0.2) is 8.42 Å². The van der Waals surface area contributed by atoms with E-state index in [9.17, 15) is 8.42 Å². The summed E-state index contributed by atoms with van der Waals surface area (Å²) in [5, 5.41) is 3.65.